The summed E-state index contributed by atoms with van der Waals surface area (Å²) in [6.07, 6.45) is 12.0. The van der Waals surface area contributed by atoms with Crippen LogP contribution in [0.25, 0.3) is 38.5 Å². The molecular weight excluding hydrogens is 745 g/mol. The Kier molecular flexibility index (Phi) is 10.4. The molecule has 0 radical (unpaired) electrons. The first-order valence-electron chi connectivity index (χ1n) is 20.5. The van der Waals surface area contributed by atoms with Gasteiger partial charge in [-0.15, -0.1) is 0 Å². The highest BCUT2D eigenvalue weighted by atomic mass is 16.5. The number of rotatable bonds is 12. The maximum Gasteiger partial charge on any atom is 0.238 e. The van der Waals surface area contributed by atoms with E-state index < -0.39 is 10.8 Å². The lowest BCUT2D eigenvalue weighted by atomic mass is 9.74. The largest absolute Gasteiger partial charge is 0.478 e. The van der Waals surface area contributed by atoms with Crippen LogP contribution in [0.3, 0.4) is 0 Å². The van der Waals surface area contributed by atoms with E-state index in [1.165, 1.54) is 6.21 Å². The van der Waals surface area contributed by atoms with Crippen molar-refractivity contribution < 1.29 is 23.8 Å². The van der Waals surface area contributed by atoms with Crippen LogP contribution in [-0.2, 0) is 29.9 Å². The van der Waals surface area contributed by atoms with Crippen LogP contribution in [0.15, 0.2) is 73.3 Å². The lowest BCUT2D eigenvalue weighted by Crippen LogP contribution is -2.45. The van der Waals surface area contributed by atoms with Gasteiger partial charge in [-0.1, -0.05) is 12.1 Å². The van der Waals surface area contributed by atoms with E-state index in [1.807, 2.05) is 75.0 Å². The normalized spacial score (nSPS) is 18.3. The lowest BCUT2D eigenvalue weighted by Gasteiger charge is -2.33. The van der Waals surface area contributed by atoms with E-state index >= 15 is 0 Å². The number of aromatic nitrogens is 3. The highest BCUT2D eigenvalue weighted by Crippen LogP contribution is 2.51. The Bertz CT molecular complexity index is 2470. The molecule has 2 aromatic carbocycles. The van der Waals surface area contributed by atoms with Gasteiger partial charge < -0.3 is 39.6 Å². The second-order valence-corrected chi connectivity index (χ2v) is 16.3. The Balaban J connectivity index is 0.971. The van der Waals surface area contributed by atoms with E-state index in [4.69, 9.17) is 29.6 Å². The van der Waals surface area contributed by atoms with Gasteiger partial charge in [0.15, 0.2) is 0 Å². The van der Waals surface area contributed by atoms with Crippen LogP contribution in [-0.4, -0.2) is 112 Å². The fourth-order valence-electron chi connectivity index (χ4n) is 9.55. The maximum absolute atomic E-state index is 14.6. The monoisotopic (exact) mass is 794 g/mol. The molecule has 0 bridgehead atoms. The number of likely N-dealkylation sites (N-methyl/N-ethyl adjacent to an activating group) is 1. The third-order valence-electron chi connectivity index (χ3n) is 12.7. The first-order chi connectivity index (χ1) is 28.7. The highest BCUT2D eigenvalue weighted by molar-refractivity contribution is 6.15. The summed E-state index contributed by atoms with van der Waals surface area (Å²) in [4.78, 5) is 48.2. The third-order valence-corrected chi connectivity index (χ3v) is 12.7. The van der Waals surface area contributed by atoms with Crippen molar-refractivity contribution in [3.05, 3.63) is 90.0 Å². The number of hydrogen-bond donors (Lipinski definition) is 2. The summed E-state index contributed by atoms with van der Waals surface area (Å²) in [5, 5.41) is 13.7. The molecule has 0 aliphatic carbocycles. The number of allylic oxidation sites excluding steroid dienone is 1. The van der Waals surface area contributed by atoms with Gasteiger partial charge in [0.05, 0.1) is 52.2 Å². The molecule has 13 nitrogen and oxygen atoms in total. The average molecular weight is 795 g/mol. The minimum atomic E-state index is -0.706. The third kappa shape index (κ3) is 6.70. The van der Waals surface area contributed by atoms with E-state index in [1.54, 1.807) is 11.1 Å². The molecule has 59 heavy (non-hydrogen) atoms. The van der Waals surface area contributed by atoms with Crippen LogP contribution < -0.4 is 19.9 Å². The quantitative estimate of drug-likeness (QED) is 0.116. The molecule has 13 heteroatoms. The standard InChI is InChI=1S/C46H50N8O5/c1-52(2)16-4-18-59-40-10-7-32(27-51-40)30-5-8-37-35(23-30)42-39(29-50-37)54(44(56)46(42)13-21-58-22-14-46)17-15-48-26-33(25-47)31-6-9-36-34(24-31)41-38(28-49-36)53(3)43(55)45(41)11-19-57-20-12-45/h5-10,23-29,47-48H,4,11-22H2,1-3H3/b33-26+,47-25?. The molecule has 0 saturated carbocycles. The van der Waals surface area contributed by atoms with Crippen molar-refractivity contribution in [2.45, 2.75) is 42.9 Å². The minimum absolute atomic E-state index is 0.0726. The predicted molar refractivity (Wildman–Crippen MR) is 229 cm³/mol. The first kappa shape index (κ1) is 38.7. The molecule has 0 unspecified atom stereocenters. The summed E-state index contributed by atoms with van der Waals surface area (Å²) in [6, 6.07) is 16.1. The zero-order valence-corrected chi connectivity index (χ0v) is 33.9. The minimum Gasteiger partial charge on any atom is -0.478 e. The van der Waals surface area contributed by atoms with Gasteiger partial charge in [-0.2, -0.15) is 0 Å². The molecule has 0 atom stereocenters. The number of anilines is 2. The van der Waals surface area contributed by atoms with E-state index in [2.05, 4.69) is 33.4 Å². The van der Waals surface area contributed by atoms with Crippen molar-refractivity contribution in [2.24, 2.45) is 0 Å². The van der Waals surface area contributed by atoms with Gasteiger partial charge in [0.2, 0.25) is 17.7 Å². The van der Waals surface area contributed by atoms with Crippen LogP contribution in [0.5, 0.6) is 5.88 Å². The summed E-state index contributed by atoms with van der Waals surface area (Å²) < 4.78 is 17.4. The Morgan fingerprint density at radius 1 is 0.831 bits per heavy atom. The summed E-state index contributed by atoms with van der Waals surface area (Å²) in [5.41, 5.74) is 7.47. The Labute approximate surface area is 343 Å². The second kappa shape index (κ2) is 15.8. The molecule has 2 N–H and O–H groups in total. The van der Waals surface area contributed by atoms with Gasteiger partial charge in [-0.05, 0) is 87.7 Å². The summed E-state index contributed by atoms with van der Waals surface area (Å²) in [5.74, 6) is 0.758. The van der Waals surface area contributed by atoms with Gasteiger partial charge in [0.25, 0.3) is 0 Å². The summed E-state index contributed by atoms with van der Waals surface area (Å²) in [6.45, 7) is 4.51. The number of carbonyl (C=O) groups is 2. The molecule has 4 aliphatic rings. The Morgan fingerprint density at radius 3 is 2.15 bits per heavy atom. The van der Waals surface area contributed by atoms with Crippen LogP contribution in [0.2, 0.25) is 0 Å². The topological polar surface area (TPSA) is 146 Å². The molecule has 7 heterocycles. The Hall–Kier alpha value is -5.76. The molecule has 3 aromatic heterocycles. The molecule has 9 rings (SSSR count). The van der Waals surface area contributed by atoms with E-state index in [0.717, 1.165) is 74.0 Å². The molecule has 2 spiro atoms. The fraction of sp³-hybridized carbons (Fsp3) is 0.391. The highest BCUT2D eigenvalue weighted by Gasteiger charge is 2.53. The van der Waals surface area contributed by atoms with E-state index in [0.29, 0.717) is 83.3 Å². The van der Waals surface area contributed by atoms with Crippen molar-refractivity contribution >= 4 is 56.8 Å². The Morgan fingerprint density at radius 2 is 1.47 bits per heavy atom. The van der Waals surface area contributed by atoms with Crippen LogP contribution in [0.4, 0.5) is 11.4 Å². The van der Waals surface area contributed by atoms with Crippen LogP contribution in [0.1, 0.15) is 48.8 Å². The van der Waals surface area contributed by atoms with Gasteiger partial charge in [-0.3, -0.25) is 19.6 Å². The van der Waals surface area contributed by atoms with Crippen molar-refractivity contribution in [3.8, 4) is 17.0 Å². The van der Waals surface area contributed by atoms with Crippen molar-refractivity contribution in [1.29, 1.82) is 5.41 Å². The van der Waals surface area contributed by atoms with Gasteiger partial charge >= 0.3 is 0 Å². The van der Waals surface area contributed by atoms with E-state index in [-0.39, 0.29) is 11.8 Å². The average Bonchev–Trinajstić information content (AvgIpc) is 3.61. The molecule has 4 aliphatic heterocycles. The smallest absolute Gasteiger partial charge is 0.238 e. The van der Waals surface area contributed by atoms with Gasteiger partial charge in [0, 0.05) is 111 Å². The fourth-order valence-corrected chi connectivity index (χ4v) is 9.55. The number of hydrogen-bond acceptors (Lipinski definition) is 11. The number of benzene rings is 2. The predicted octanol–water partition coefficient (Wildman–Crippen LogP) is 5.88. The van der Waals surface area contributed by atoms with Crippen LogP contribution in [0, 0.1) is 5.41 Å². The molecule has 2 saturated heterocycles. The SMILES string of the molecule is CN(C)CCCOc1ccc(-c2ccc3ncc4c(c3c2)C2(CCOCC2)C(=O)N4CCN/C=C(\C=N)c2ccc3ncc4c(c3c2)C2(CCOCC2)C(=O)N4C)cn1. The number of amides is 2. The number of nitrogens with one attached hydrogen (secondary N) is 2. The summed E-state index contributed by atoms with van der Waals surface area (Å²) in [7, 11) is 5.92. The van der Waals surface area contributed by atoms with Gasteiger partial charge in [0.1, 0.15) is 0 Å². The number of fused-ring (bicyclic) bond motifs is 8. The number of nitrogens with zero attached hydrogens (tertiary/aromatic N) is 6. The molecule has 5 aromatic rings. The van der Waals surface area contributed by atoms with E-state index in [9.17, 15) is 9.59 Å². The van der Waals surface area contributed by atoms with Crippen LogP contribution >= 0.6 is 0 Å². The number of ether oxygens (including phenoxy) is 3. The molecule has 2 fully saturated rings. The maximum atomic E-state index is 14.6. The number of pyridine rings is 3. The summed E-state index contributed by atoms with van der Waals surface area (Å²) >= 11 is 0. The van der Waals surface area contributed by atoms with Crippen molar-refractivity contribution in [2.75, 3.05) is 83.6 Å². The first-order valence-corrected chi connectivity index (χ1v) is 20.5. The van der Waals surface area contributed by atoms with Crippen molar-refractivity contribution in [1.82, 2.24) is 25.2 Å². The molecule has 304 valence electrons. The lowest BCUT2D eigenvalue weighted by molar-refractivity contribution is -0.127. The molecular formula is C46H50N8O5. The van der Waals surface area contributed by atoms with Gasteiger partial charge in [-0.25, -0.2) is 4.98 Å². The van der Waals surface area contributed by atoms with Crippen molar-refractivity contribution in [3.63, 3.8) is 0 Å². The second-order valence-electron chi connectivity index (χ2n) is 16.3. The molecule has 2 amide bonds. The zero-order valence-electron chi connectivity index (χ0n) is 33.9. The zero-order chi connectivity index (χ0) is 40.7. The number of carbonyl (C=O) groups excluding carboxylic acids is 2.